The van der Waals surface area contributed by atoms with E-state index in [1.807, 2.05) is 6.92 Å². The van der Waals surface area contributed by atoms with Crippen molar-refractivity contribution in [2.45, 2.75) is 58.8 Å². The molecule has 0 aliphatic carbocycles. The highest BCUT2D eigenvalue weighted by Gasteiger charge is 2.10. The first kappa shape index (κ1) is 13.9. The van der Waals surface area contributed by atoms with E-state index in [-0.39, 0.29) is 5.75 Å². The van der Waals surface area contributed by atoms with Crippen molar-refractivity contribution in [3.63, 3.8) is 0 Å². The van der Waals surface area contributed by atoms with Crippen LogP contribution in [0.25, 0.3) is 0 Å². The lowest BCUT2D eigenvalue weighted by molar-refractivity contribution is 0.431. The normalized spacial score (nSPS) is 10.7. The molecule has 0 atom stereocenters. The van der Waals surface area contributed by atoms with Crippen LogP contribution in [-0.4, -0.2) is 10.2 Å². The van der Waals surface area contributed by atoms with Gasteiger partial charge in [0.15, 0.2) is 0 Å². The number of phenolic OH excluding ortho intramolecular Hbond substituents is 2. The van der Waals surface area contributed by atoms with Crippen LogP contribution in [0.1, 0.15) is 57.1 Å². The van der Waals surface area contributed by atoms with Crippen LogP contribution in [0.3, 0.4) is 0 Å². The summed E-state index contributed by atoms with van der Waals surface area (Å²) in [6.07, 6.45) is 7.53. The summed E-state index contributed by atoms with van der Waals surface area (Å²) in [6, 6.07) is 3.49. The minimum atomic E-state index is 0.232. The van der Waals surface area contributed by atoms with E-state index in [1.54, 1.807) is 12.1 Å². The first-order valence-electron chi connectivity index (χ1n) is 6.73. The van der Waals surface area contributed by atoms with Crippen molar-refractivity contribution < 1.29 is 10.2 Å². The summed E-state index contributed by atoms with van der Waals surface area (Å²) in [5.74, 6) is 0.526. The van der Waals surface area contributed by atoms with Crippen LogP contribution in [0.2, 0.25) is 0 Å². The maximum atomic E-state index is 10.0. The van der Waals surface area contributed by atoms with Crippen LogP contribution < -0.4 is 0 Å². The standard InChI is InChI=1S/C15H24O2/c1-3-5-6-7-8-9-13-14(16)11-10-12(4-2)15(13)17/h10-11,16-17H,3-9H2,1-2H3. The monoisotopic (exact) mass is 236 g/mol. The molecule has 0 heterocycles. The molecule has 0 saturated carbocycles. The van der Waals surface area contributed by atoms with Crippen molar-refractivity contribution in [3.05, 3.63) is 23.3 Å². The molecule has 0 aliphatic rings. The highest BCUT2D eigenvalue weighted by atomic mass is 16.3. The van der Waals surface area contributed by atoms with Crippen LogP contribution in [0.4, 0.5) is 0 Å². The SMILES string of the molecule is CCCCCCCc1c(O)ccc(CC)c1O. The minimum Gasteiger partial charge on any atom is -0.508 e. The minimum absolute atomic E-state index is 0.232. The van der Waals surface area contributed by atoms with Crippen LogP contribution in [-0.2, 0) is 12.8 Å². The van der Waals surface area contributed by atoms with Gasteiger partial charge in [-0.3, -0.25) is 0 Å². The molecular formula is C15H24O2. The Kier molecular flexibility index (Phi) is 5.88. The highest BCUT2D eigenvalue weighted by molar-refractivity contribution is 5.48. The van der Waals surface area contributed by atoms with E-state index in [4.69, 9.17) is 0 Å². The van der Waals surface area contributed by atoms with Gasteiger partial charge in [-0.1, -0.05) is 45.6 Å². The van der Waals surface area contributed by atoms with E-state index in [0.717, 1.165) is 30.4 Å². The first-order valence-corrected chi connectivity index (χ1v) is 6.73. The second-order valence-electron chi connectivity index (χ2n) is 4.59. The zero-order valence-corrected chi connectivity index (χ0v) is 11.0. The zero-order chi connectivity index (χ0) is 12.7. The third-order valence-electron chi connectivity index (χ3n) is 3.25. The average Bonchev–Trinajstić information content (AvgIpc) is 2.33. The maximum Gasteiger partial charge on any atom is 0.125 e. The highest BCUT2D eigenvalue weighted by Crippen LogP contribution is 2.32. The van der Waals surface area contributed by atoms with Gasteiger partial charge < -0.3 is 10.2 Å². The van der Waals surface area contributed by atoms with E-state index in [9.17, 15) is 10.2 Å². The van der Waals surface area contributed by atoms with Gasteiger partial charge in [-0.25, -0.2) is 0 Å². The van der Waals surface area contributed by atoms with Crippen LogP contribution in [0.5, 0.6) is 11.5 Å². The lowest BCUT2D eigenvalue weighted by Crippen LogP contribution is -1.92. The van der Waals surface area contributed by atoms with Gasteiger partial charge in [0, 0.05) is 5.56 Å². The molecule has 0 aromatic heterocycles. The fraction of sp³-hybridized carbons (Fsp3) is 0.600. The molecule has 0 unspecified atom stereocenters. The molecule has 0 saturated heterocycles. The zero-order valence-electron chi connectivity index (χ0n) is 11.0. The summed E-state index contributed by atoms with van der Waals surface area (Å²) in [6.45, 7) is 4.21. The topological polar surface area (TPSA) is 40.5 Å². The third kappa shape index (κ3) is 3.95. The Morgan fingerprint density at radius 2 is 1.65 bits per heavy atom. The maximum absolute atomic E-state index is 10.0. The fourth-order valence-electron chi connectivity index (χ4n) is 2.11. The van der Waals surface area contributed by atoms with Crippen molar-refractivity contribution in [1.82, 2.24) is 0 Å². The Morgan fingerprint density at radius 1 is 0.941 bits per heavy atom. The van der Waals surface area contributed by atoms with E-state index >= 15 is 0 Å². The summed E-state index contributed by atoms with van der Waals surface area (Å²) in [5, 5.41) is 19.8. The molecule has 0 amide bonds. The lowest BCUT2D eigenvalue weighted by Gasteiger charge is -2.10. The molecule has 0 radical (unpaired) electrons. The van der Waals surface area contributed by atoms with Crippen molar-refractivity contribution >= 4 is 0 Å². The average molecular weight is 236 g/mol. The molecule has 2 heteroatoms. The Hall–Kier alpha value is -1.18. The summed E-state index contributed by atoms with van der Waals surface area (Å²) in [7, 11) is 0. The molecule has 0 fully saturated rings. The number of hydrogen-bond donors (Lipinski definition) is 2. The molecule has 2 N–H and O–H groups in total. The predicted molar refractivity (Wildman–Crippen MR) is 71.6 cm³/mol. The molecule has 1 rings (SSSR count). The van der Waals surface area contributed by atoms with E-state index < -0.39 is 0 Å². The number of aryl methyl sites for hydroxylation is 1. The Balaban J connectivity index is 2.57. The molecule has 17 heavy (non-hydrogen) atoms. The number of aromatic hydroxyl groups is 2. The number of benzene rings is 1. The van der Waals surface area contributed by atoms with Gasteiger partial charge in [-0.15, -0.1) is 0 Å². The van der Waals surface area contributed by atoms with Crippen molar-refractivity contribution in [1.29, 1.82) is 0 Å². The number of unbranched alkanes of at least 4 members (excludes halogenated alkanes) is 4. The molecule has 96 valence electrons. The molecular weight excluding hydrogens is 212 g/mol. The Morgan fingerprint density at radius 3 is 2.29 bits per heavy atom. The van der Waals surface area contributed by atoms with Crippen LogP contribution >= 0.6 is 0 Å². The van der Waals surface area contributed by atoms with E-state index in [1.165, 1.54) is 25.7 Å². The Labute approximate surface area is 104 Å². The summed E-state index contributed by atoms with van der Waals surface area (Å²) >= 11 is 0. The number of rotatable bonds is 7. The van der Waals surface area contributed by atoms with Gasteiger partial charge in [0.1, 0.15) is 11.5 Å². The van der Waals surface area contributed by atoms with E-state index in [0.29, 0.717) is 5.75 Å². The predicted octanol–water partition coefficient (Wildman–Crippen LogP) is 4.17. The van der Waals surface area contributed by atoms with Crippen molar-refractivity contribution in [3.8, 4) is 11.5 Å². The quantitative estimate of drug-likeness (QED) is 0.697. The number of phenols is 2. The van der Waals surface area contributed by atoms with Gasteiger partial charge >= 0.3 is 0 Å². The van der Waals surface area contributed by atoms with Crippen LogP contribution in [0.15, 0.2) is 12.1 Å². The third-order valence-corrected chi connectivity index (χ3v) is 3.25. The smallest absolute Gasteiger partial charge is 0.125 e. The van der Waals surface area contributed by atoms with Gasteiger partial charge in [-0.2, -0.15) is 0 Å². The van der Waals surface area contributed by atoms with Crippen molar-refractivity contribution in [2.24, 2.45) is 0 Å². The summed E-state index contributed by atoms with van der Waals surface area (Å²) in [4.78, 5) is 0. The van der Waals surface area contributed by atoms with Gasteiger partial charge in [0.25, 0.3) is 0 Å². The molecule has 1 aromatic rings. The first-order chi connectivity index (χ1) is 8.20. The molecule has 2 nitrogen and oxygen atoms in total. The van der Waals surface area contributed by atoms with Crippen molar-refractivity contribution in [2.75, 3.05) is 0 Å². The second-order valence-corrected chi connectivity index (χ2v) is 4.59. The molecule has 1 aromatic carbocycles. The van der Waals surface area contributed by atoms with E-state index in [2.05, 4.69) is 6.92 Å². The van der Waals surface area contributed by atoms with Gasteiger partial charge in [0.05, 0.1) is 0 Å². The molecule has 0 spiro atoms. The second kappa shape index (κ2) is 7.21. The van der Waals surface area contributed by atoms with Gasteiger partial charge in [0.2, 0.25) is 0 Å². The van der Waals surface area contributed by atoms with Gasteiger partial charge in [-0.05, 0) is 30.9 Å². The summed E-state index contributed by atoms with van der Waals surface area (Å²) in [5.41, 5.74) is 1.65. The van der Waals surface area contributed by atoms with Crippen LogP contribution in [0, 0.1) is 0 Å². The molecule has 0 bridgehead atoms. The number of hydrogen-bond acceptors (Lipinski definition) is 2. The lowest BCUT2D eigenvalue weighted by atomic mass is 10.00. The Bertz CT molecular complexity index is 345. The fourth-order valence-corrected chi connectivity index (χ4v) is 2.11. The molecule has 0 aliphatic heterocycles. The largest absolute Gasteiger partial charge is 0.508 e. The summed E-state index contributed by atoms with van der Waals surface area (Å²) < 4.78 is 0.